The van der Waals surface area contributed by atoms with E-state index in [1.54, 1.807) is 25.2 Å². The number of amides is 1. The van der Waals surface area contributed by atoms with E-state index in [4.69, 9.17) is 33.2 Å². The van der Waals surface area contributed by atoms with E-state index in [0.717, 1.165) is 5.69 Å². The van der Waals surface area contributed by atoms with E-state index in [9.17, 15) is 4.79 Å². The monoisotopic (exact) mass is 457 g/mol. The minimum Gasteiger partial charge on any atom is -0.496 e. The van der Waals surface area contributed by atoms with Gasteiger partial charge < -0.3 is 38.1 Å². The highest BCUT2D eigenvalue weighted by atomic mass is 16.7. The lowest BCUT2D eigenvalue weighted by Gasteiger charge is -2.29. The van der Waals surface area contributed by atoms with Crippen LogP contribution in [-0.4, -0.2) is 73.1 Å². The van der Waals surface area contributed by atoms with Gasteiger partial charge in [-0.3, -0.25) is 4.79 Å². The minimum absolute atomic E-state index is 0.167. The van der Waals surface area contributed by atoms with Crippen LogP contribution in [0.15, 0.2) is 30.3 Å². The van der Waals surface area contributed by atoms with Gasteiger partial charge in [-0.05, 0) is 18.2 Å². The summed E-state index contributed by atoms with van der Waals surface area (Å²) in [5, 5.41) is 0. The summed E-state index contributed by atoms with van der Waals surface area (Å²) >= 11 is 0. The molecular weight excluding hydrogens is 430 g/mol. The van der Waals surface area contributed by atoms with Crippen LogP contribution in [0.2, 0.25) is 0 Å². The molecule has 3 heterocycles. The molecule has 0 aromatic heterocycles. The fourth-order valence-electron chi connectivity index (χ4n) is 4.86. The topological polar surface area (TPSA) is 84.9 Å². The summed E-state index contributed by atoms with van der Waals surface area (Å²) in [6.45, 7) is 2.55. The Kier molecular flexibility index (Phi) is 5.77. The summed E-state index contributed by atoms with van der Waals surface area (Å²) in [7, 11) is 4.74. The summed E-state index contributed by atoms with van der Waals surface area (Å²) < 4.78 is 39.9. The zero-order valence-corrected chi connectivity index (χ0v) is 18.9. The quantitative estimate of drug-likeness (QED) is 0.558. The third-order valence-corrected chi connectivity index (χ3v) is 6.25. The summed E-state index contributed by atoms with van der Waals surface area (Å²) in [5.74, 6) is 2.09. The molecule has 0 N–H and O–H groups in total. The Bertz CT molecular complexity index is 1060. The molecule has 2 unspecified atom stereocenters. The van der Waals surface area contributed by atoms with Gasteiger partial charge in [0.25, 0.3) is 0 Å². The SMILES string of the molecule is COCCOCCN1C(=O)C2(c3cc4c(cc3OC2OC)OCCO4)c2c(OC)cccc21. The Morgan fingerprint density at radius 1 is 1.03 bits per heavy atom. The van der Waals surface area contributed by atoms with Crippen LogP contribution in [0.25, 0.3) is 0 Å². The van der Waals surface area contributed by atoms with Crippen molar-refractivity contribution in [3.8, 4) is 23.0 Å². The lowest BCUT2D eigenvalue weighted by Crippen LogP contribution is -2.49. The minimum atomic E-state index is -1.26. The molecule has 0 aliphatic carbocycles. The van der Waals surface area contributed by atoms with Gasteiger partial charge in [-0.15, -0.1) is 0 Å². The van der Waals surface area contributed by atoms with Crippen molar-refractivity contribution in [1.82, 2.24) is 0 Å². The van der Waals surface area contributed by atoms with E-state index in [1.165, 1.54) is 7.11 Å². The third-order valence-electron chi connectivity index (χ3n) is 6.25. The second kappa shape index (κ2) is 8.74. The normalized spacial score (nSPS) is 22.3. The number of rotatable bonds is 8. The van der Waals surface area contributed by atoms with Gasteiger partial charge in [0, 0.05) is 38.0 Å². The average molecular weight is 457 g/mol. The lowest BCUT2D eigenvalue weighted by atomic mass is 9.75. The van der Waals surface area contributed by atoms with Gasteiger partial charge in [0.05, 0.1) is 32.6 Å². The highest BCUT2D eigenvalue weighted by molar-refractivity contribution is 6.12. The number of carbonyl (C=O) groups is 1. The first-order valence-corrected chi connectivity index (χ1v) is 10.9. The molecule has 3 aliphatic heterocycles. The maximum absolute atomic E-state index is 14.2. The molecule has 5 rings (SSSR count). The molecule has 9 heteroatoms. The van der Waals surface area contributed by atoms with Gasteiger partial charge in [0.1, 0.15) is 24.7 Å². The number of benzene rings is 2. The molecule has 0 fully saturated rings. The van der Waals surface area contributed by atoms with E-state index in [2.05, 4.69) is 0 Å². The number of ether oxygens (including phenoxy) is 7. The lowest BCUT2D eigenvalue weighted by molar-refractivity contribution is -0.135. The van der Waals surface area contributed by atoms with Crippen molar-refractivity contribution in [3.63, 3.8) is 0 Å². The largest absolute Gasteiger partial charge is 0.496 e. The summed E-state index contributed by atoms with van der Waals surface area (Å²) in [4.78, 5) is 15.9. The fraction of sp³-hybridized carbons (Fsp3) is 0.458. The molecule has 1 spiro atoms. The standard InChI is InChI=1S/C24H27NO8/c1-27-9-10-30-8-7-25-16-5-4-6-17(28-2)21(16)24(22(25)26)15-13-19-20(32-12-11-31-19)14-18(15)33-23(24)29-3/h4-6,13-14,23H,7-12H2,1-3H3. The molecule has 2 aromatic rings. The van der Waals surface area contributed by atoms with Crippen LogP contribution in [0.4, 0.5) is 5.69 Å². The Labute approximate surface area is 192 Å². The van der Waals surface area contributed by atoms with Crippen molar-refractivity contribution in [2.75, 3.05) is 65.8 Å². The highest BCUT2D eigenvalue weighted by Gasteiger charge is 2.64. The van der Waals surface area contributed by atoms with E-state index < -0.39 is 11.7 Å². The van der Waals surface area contributed by atoms with Crippen LogP contribution < -0.4 is 23.8 Å². The molecule has 3 aliphatic rings. The van der Waals surface area contributed by atoms with Crippen LogP contribution in [0.5, 0.6) is 23.0 Å². The number of anilines is 1. The first kappa shape index (κ1) is 21.8. The zero-order chi connectivity index (χ0) is 23.0. The first-order valence-electron chi connectivity index (χ1n) is 10.9. The molecule has 0 saturated carbocycles. The van der Waals surface area contributed by atoms with Crippen molar-refractivity contribution in [1.29, 1.82) is 0 Å². The Morgan fingerprint density at radius 2 is 1.82 bits per heavy atom. The number of hydrogen-bond acceptors (Lipinski definition) is 8. The highest BCUT2D eigenvalue weighted by Crippen LogP contribution is 2.59. The van der Waals surface area contributed by atoms with Crippen molar-refractivity contribution < 1.29 is 38.0 Å². The molecule has 33 heavy (non-hydrogen) atoms. The van der Waals surface area contributed by atoms with Gasteiger partial charge in [-0.1, -0.05) is 6.07 Å². The molecule has 1 amide bonds. The van der Waals surface area contributed by atoms with Crippen LogP contribution in [0.1, 0.15) is 11.1 Å². The number of methoxy groups -OCH3 is 3. The van der Waals surface area contributed by atoms with E-state index in [0.29, 0.717) is 73.7 Å². The van der Waals surface area contributed by atoms with E-state index in [1.807, 2.05) is 24.3 Å². The number of carbonyl (C=O) groups excluding carboxylic acids is 1. The average Bonchev–Trinajstić information content (AvgIpc) is 3.30. The second-order valence-corrected chi connectivity index (χ2v) is 7.90. The van der Waals surface area contributed by atoms with Crippen molar-refractivity contribution in [2.45, 2.75) is 11.7 Å². The molecule has 0 radical (unpaired) electrons. The summed E-state index contributed by atoms with van der Waals surface area (Å²) in [6.07, 6.45) is -0.890. The molecule has 176 valence electrons. The molecule has 0 bridgehead atoms. The van der Waals surface area contributed by atoms with Crippen LogP contribution in [0, 0.1) is 0 Å². The predicted octanol–water partition coefficient (Wildman–Crippen LogP) is 2.13. The van der Waals surface area contributed by atoms with Gasteiger partial charge in [0.15, 0.2) is 16.9 Å². The summed E-state index contributed by atoms with van der Waals surface area (Å²) in [5.41, 5.74) is 0.853. The smallest absolute Gasteiger partial charge is 0.249 e. The summed E-state index contributed by atoms with van der Waals surface area (Å²) in [6, 6.07) is 9.21. The van der Waals surface area contributed by atoms with Crippen LogP contribution >= 0.6 is 0 Å². The van der Waals surface area contributed by atoms with E-state index >= 15 is 0 Å². The number of nitrogens with zero attached hydrogens (tertiary/aromatic N) is 1. The second-order valence-electron chi connectivity index (χ2n) is 7.90. The first-order chi connectivity index (χ1) is 16.2. The Morgan fingerprint density at radius 3 is 2.55 bits per heavy atom. The molecular formula is C24H27NO8. The zero-order valence-electron chi connectivity index (χ0n) is 18.9. The Hall–Kier alpha value is -3.01. The van der Waals surface area contributed by atoms with Gasteiger partial charge in [-0.2, -0.15) is 0 Å². The third kappa shape index (κ3) is 3.22. The Balaban J connectivity index is 1.63. The molecule has 2 atom stereocenters. The maximum atomic E-state index is 14.2. The maximum Gasteiger partial charge on any atom is 0.249 e. The van der Waals surface area contributed by atoms with Crippen LogP contribution in [0.3, 0.4) is 0 Å². The van der Waals surface area contributed by atoms with E-state index in [-0.39, 0.29) is 5.91 Å². The fourth-order valence-corrected chi connectivity index (χ4v) is 4.86. The molecule has 2 aromatic carbocycles. The molecule has 9 nitrogen and oxygen atoms in total. The number of fused-ring (bicyclic) bond motifs is 5. The van der Waals surface area contributed by atoms with Crippen molar-refractivity contribution in [3.05, 3.63) is 41.5 Å². The van der Waals surface area contributed by atoms with Crippen molar-refractivity contribution in [2.24, 2.45) is 0 Å². The van der Waals surface area contributed by atoms with Crippen molar-refractivity contribution >= 4 is 11.6 Å². The van der Waals surface area contributed by atoms with Gasteiger partial charge in [-0.25, -0.2) is 0 Å². The van der Waals surface area contributed by atoms with Gasteiger partial charge in [0.2, 0.25) is 12.2 Å². The van der Waals surface area contributed by atoms with Crippen LogP contribution in [-0.2, 0) is 24.4 Å². The number of hydrogen-bond donors (Lipinski definition) is 0. The predicted molar refractivity (Wildman–Crippen MR) is 118 cm³/mol. The van der Waals surface area contributed by atoms with Gasteiger partial charge >= 0.3 is 0 Å². The molecule has 0 saturated heterocycles.